The molecule has 0 radical (unpaired) electrons. The highest BCUT2D eigenvalue weighted by Crippen LogP contribution is 2.34. The Hall–Kier alpha value is -2.11. The Morgan fingerprint density at radius 2 is 2.22 bits per heavy atom. The van der Waals surface area contributed by atoms with Gasteiger partial charge in [-0.2, -0.15) is 0 Å². The van der Waals surface area contributed by atoms with Crippen LogP contribution in [0.15, 0.2) is 18.2 Å². The summed E-state index contributed by atoms with van der Waals surface area (Å²) in [5.41, 5.74) is 7.35. The van der Waals surface area contributed by atoms with Crippen molar-refractivity contribution in [2.75, 3.05) is 12.8 Å². The molecule has 1 aromatic carbocycles. The van der Waals surface area contributed by atoms with E-state index in [0.29, 0.717) is 17.5 Å². The van der Waals surface area contributed by atoms with E-state index in [1.165, 1.54) is 6.42 Å². The van der Waals surface area contributed by atoms with Crippen molar-refractivity contribution in [3.05, 3.63) is 18.2 Å². The second kappa shape index (κ2) is 4.29. The van der Waals surface area contributed by atoms with Crippen LogP contribution in [0.25, 0.3) is 11.4 Å². The number of hydrogen-bond donors (Lipinski definition) is 1. The van der Waals surface area contributed by atoms with Crippen molar-refractivity contribution in [1.29, 1.82) is 0 Å². The van der Waals surface area contributed by atoms with E-state index in [-0.39, 0.29) is 0 Å². The molecular weight excluding hydrogens is 230 g/mol. The Kier molecular flexibility index (Phi) is 2.62. The number of hydrogen-bond acceptors (Lipinski definition) is 5. The van der Waals surface area contributed by atoms with Crippen molar-refractivity contribution < 1.29 is 4.74 Å². The molecule has 2 N–H and O–H groups in total. The highest BCUT2D eigenvalue weighted by molar-refractivity contribution is 5.65. The maximum atomic E-state index is 5.81. The van der Waals surface area contributed by atoms with Crippen LogP contribution >= 0.6 is 0 Å². The minimum atomic E-state index is 0.429. The molecule has 1 aliphatic rings. The molecule has 1 aliphatic carbocycles. The molecule has 1 aromatic heterocycles. The van der Waals surface area contributed by atoms with Crippen LogP contribution in [-0.2, 0) is 0 Å². The van der Waals surface area contributed by atoms with Gasteiger partial charge in [0.1, 0.15) is 5.75 Å². The van der Waals surface area contributed by atoms with E-state index in [9.17, 15) is 0 Å². The van der Waals surface area contributed by atoms with Gasteiger partial charge in [-0.3, -0.25) is 0 Å². The maximum Gasteiger partial charge on any atom is 0.182 e. The average Bonchev–Trinajstić information content (AvgIpc) is 2.76. The first-order valence-electron chi connectivity index (χ1n) is 6.01. The van der Waals surface area contributed by atoms with Crippen LogP contribution in [-0.4, -0.2) is 27.3 Å². The van der Waals surface area contributed by atoms with Crippen LogP contribution in [0.5, 0.6) is 5.75 Å². The molecule has 0 bridgehead atoms. The van der Waals surface area contributed by atoms with Crippen LogP contribution in [0.4, 0.5) is 5.69 Å². The van der Waals surface area contributed by atoms with Crippen molar-refractivity contribution in [2.24, 2.45) is 0 Å². The van der Waals surface area contributed by atoms with Crippen molar-refractivity contribution in [3.63, 3.8) is 0 Å². The Morgan fingerprint density at radius 1 is 1.39 bits per heavy atom. The highest BCUT2D eigenvalue weighted by Gasteiger charge is 2.24. The number of rotatable bonds is 3. The van der Waals surface area contributed by atoms with Crippen molar-refractivity contribution in [2.45, 2.75) is 25.3 Å². The van der Waals surface area contributed by atoms with Crippen LogP contribution in [0.1, 0.15) is 25.3 Å². The number of anilines is 1. The fourth-order valence-corrected chi connectivity index (χ4v) is 2.11. The third-order valence-electron chi connectivity index (χ3n) is 3.41. The van der Waals surface area contributed by atoms with Gasteiger partial charge in [0, 0.05) is 5.56 Å². The predicted octanol–water partition coefficient (Wildman–Crippen LogP) is 1.66. The molecule has 6 heteroatoms. The maximum absolute atomic E-state index is 5.81. The number of tetrazole rings is 1. The first-order valence-corrected chi connectivity index (χ1v) is 6.01. The van der Waals surface area contributed by atoms with E-state index in [0.717, 1.165) is 24.2 Å². The standard InChI is InChI=1S/C12H15N5O/c1-18-11-7-8(5-6-10(11)13)12-14-15-16-17(12)9-3-2-4-9/h5-7,9H,2-4,13H2,1H3. The first kappa shape index (κ1) is 11.0. The molecule has 94 valence electrons. The normalized spacial score (nSPS) is 15.4. The fraction of sp³-hybridized carbons (Fsp3) is 0.417. The molecule has 0 amide bonds. The SMILES string of the molecule is COc1cc(-c2nnnn2C2CCC2)ccc1N. The van der Waals surface area contributed by atoms with Gasteiger partial charge in [-0.25, -0.2) is 4.68 Å². The summed E-state index contributed by atoms with van der Waals surface area (Å²) in [7, 11) is 1.60. The van der Waals surface area contributed by atoms with Gasteiger partial charge in [-0.1, -0.05) is 0 Å². The lowest BCUT2D eigenvalue weighted by Crippen LogP contribution is -2.19. The molecule has 18 heavy (non-hydrogen) atoms. The largest absolute Gasteiger partial charge is 0.495 e. The molecule has 0 unspecified atom stereocenters. The summed E-state index contributed by atoms with van der Waals surface area (Å²) >= 11 is 0. The molecular formula is C12H15N5O. The van der Waals surface area contributed by atoms with Gasteiger partial charge in [-0.05, 0) is 47.9 Å². The fourth-order valence-electron chi connectivity index (χ4n) is 2.11. The lowest BCUT2D eigenvalue weighted by Gasteiger charge is -2.25. The molecule has 1 saturated carbocycles. The Bertz CT molecular complexity index is 561. The zero-order valence-electron chi connectivity index (χ0n) is 10.2. The molecule has 0 atom stereocenters. The lowest BCUT2D eigenvalue weighted by atomic mass is 9.93. The Balaban J connectivity index is 2.01. The predicted molar refractivity (Wildman–Crippen MR) is 67.1 cm³/mol. The minimum absolute atomic E-state index is 0.429. The van der Waals surface area contributed by atoms with Gasteiger partial charge in [-0.15, -0.1) is 5.10 Å². The number of nitrogen functional groups attached to an aromatic ring is 1. The number of nitrogens with zero attached hydrogens (tertiary/aromatic N) is 4. The Morgan fingerprint density at radius 3 is 2.89 bits per heavy atom. The van der Waals surface area contributed by atoms with Gasteiger partial charge < -0.3 is 10.5 Å². The van der Waals surface area contributed by atoms with E-state index in [1.54, 1.807) is 7.11 Å². The molecule has 1 fully saturated rings. The summed E-state index contributed by atoms with van der Waals surface area (Å²) in [6, 6.07) is 6.03. The molecule has 0 spiro atoms. The van der Waals surface area contributed by atoms with E-state index in [2.05, 4.69) is 15.5 Å². The third kappa shape index (κ3) is 1.70. The zero-order valence-corrected chi connectivity index (χ0v) is 10.2. The van der Waals surface area contributed by atoms with Crippen LogP contribution < -0.4 is 10.5 Å². The zero-order chi connectivity index (χ0) is 12.5. The van der Waals surface area contributed by atoms with Gasteiger partial charge >= 0.3 is 0 Å². The van der Waals surface area contributed by atoms with E-state index < -0.39 is 0 Å². The highest BCUT2D eigenvalue weighted by atomic mass is 16.5. The second-order valence-electron chi connectivity index (χ2n) is 4.49. The smallest absolute Gasteiger partial charge is 0.182 e. The van der Waals surface area contributed by atoms with Crippen LogP contribution in [0.2, 0.25) is 0 Å². The first-order chi connectivity index (χ1) is 8.79. The summed E-state index contributed by atoms with van der Waals surface area (Å²) in [6.45, 7) is 0. The average molecular weight is 245 g/mol. The molecule has 0 saturated heterocycles. The molecule has 3 rings (SSSR count). The topological polar surface area (TPSA) is 78.9 Å². The van der Waals surface area contributed by atoms with Gasteiger partial charge in [0.25, 0.3) is 0 Å². The molecule has 1 heterocycles. The van der Waals surface area contributed by atoms with E-state index in [1.807, 2.05) is 22.9 Å². The van der Waals surface area contributed by atoms with Gasteiger partial charge in [0.2, 0.25) is 0 Å². The number of nitrogens with two attached hydrogens (primary N) is 1. The summed E-state index contributed by atoms with van der Waals surface area (Å²) < 4.78 is 7.12. The summed E-state index contributed by atoms with van der Waals surface area (Å²) in [5.74, 6) is 1.42. The van der Waals surface area contributed by atoms with Crippen LogP contribution in [0, 0.1) is 0 Å². The van der Waals surface area contributed by atoms with Crippen LogP contribution in [0.3, 0.4) is 0 Å². The van der Waals surface area contributed by atoms with Gasteiger partial charge in [0.05, 0.1) is 18.8 Å². The van der Waals surface area contributed by atoms with Crippen molar-refractivity contribution in [3.8, 4) is 17.1 Å². The lowest BCUT2D eigenvalue weighted by molar-refractivity contribution is 0.287. The van der Waals surface area contributed by atoms with Crippen molar-refractivity contribution in [1.82, 2.24) is 20.2 Å². The minimum Gasteiger partial charge on any atom is -0.495 e. The van der Waals surface area contributed by atoms with E-state index >= 15 is 0 Å². The number of ether oxygens (including phenoxy) is 1. The summed E-state index contributed by atoms with van der Waals surface area (Å²) in [4.78, 5) is 0. The molecule has 0 aliphatic heterocycles. The molecule has 6 nitrogen and oxygen atoms in total. The Labute approximate surface area is 105 Å². The van der Waals surface area contributed by atoms with E-state index in [4.69, 9.17) is 10.5 Å². The summed E-state index contributed by atoms with van der Waals surface area (Å²) in [5, 5.41) is 11.9. The number of methoxy groups -OCH3 is 1. The van der Waals surface area contributed by atoms with Crippen molar-refractivity contribution >= 4 is 5.69 Å². The third-order valence-corrected chi connectivity index (χ3v) is 3.41. The second-order valence-corrected chi connectivity index (χ2v) is 4.49. The number of benzene rings is 1. The molecule has 2 aromatic rings. The monoisotopic (exact) mass is 245 g/mol. The quantitative estimate of drug-likeness (QED) is 0.832. The van der Waals surface area contributed by atoms with Gasteiger partial charge in [0.15, 0.2) is 5.82 Å². The number of aromatic nitrogens is 4. The summed E-state index contributed by atoms with van der Waals surface area (Å²) in [6.07, 6.45) is 3.53.